The standard InChI is InChI=1S/C20H33N3O3S2/c1-3-14-28(25,26)23-10-4-6-17(23)20(24)21-15-18(19-7-5-13-27-19)22-11-8-16(2)9-12-22/h5,7,13,16-18H,3-4,6,8-12,14-15H2,1-2H3,(H,21,24). The summed E-state index contributed by atoms with van der Waals surface area (Å²) < 4.78 is 26.4. The number of nitrogens with one attached hydrogen (secondary N) is 1. The van der Waals surface area contributed by atoms with Gasteiger partial charge in [0.05, 0.1) is 11.8 Å². The quantitative estimate of drug-likeness (QED) is 0.693. The summed E-state index contributed by atoms with van der Waals surface area (Å²) in [5.74, 6) is 0.718. The Morgan fingerprint density at radius 1 is 1.29 bits per heavy atom. The van der Waals surface area contributed by atoms with Crippen LogP contribution in [0.25, 0.3) is 0 Å². The molecule has 0 aliphatic carbocycles. The summed E-state index contributed by atoms with van der Waals surface area (Å²) in [5.41, 5.74) is 0. The molecule has 0 saturated carbocycles. The second-order valence-electron chi connectivity index (χ2n) is 8.08. The smallest absolute Gasteiger partial charge is 0.238 e. The van der Waals surface area contributed by atoms with Gasteiger partial charge in [0.1, 0.15) is 6.04 Å². The van der Waals surface area contributed by atoms with Gasteiger partial charge in [0, 0.05) is 18.0 Å². The highest BCUT2D eigenvalue weighted by Crippen LogP contribution is 2.29. The van der Waals surface area contributed by atoms with Crippen LogP contribution in [0.2, 0.25) is 0 Å². The maximum Gasteiger partial charge on any atom is 0.238 e. The van der Waals surface area contributed by atoms with Crippen LogP contribution in [0.5, 0.6) is 0 Å². The normalized spacial score (nSPS) is 23.7. The van der Waals surface area contributed by atoms with E-state index in [1.807, 2.05) is 6.92 Å². The van der Waals surface area contributed by atoms with Crippen LogP contribution in [-0.4, -0.2) is 61.5 Å². The van der Waals surface area contributed by atoms with E-state index in [9.17, 15) is 13.2 Å². The fourth-order valence-corrected chi connectivity index (χ4v) is 6.86. The molecule has 3 heterocycles. The summed E-state index contributed by atoms with van der Waals surface area (Å²) in [6.07, 6.45) is 4.29. The topological polar surface area (TPSA) is 69.7 Å². The number of amides is 1. The first-order valence-corrected chi connectivity index (χ1v) is 13.0. The number of carbonyl (C=O) groups is 1. The molecule has 8 heteroatoms. The third kappa shape index (κ3) is 5.14. The van der Waals surface area contributed by atoms with Crippen molar-refractivity contribution in [1.29, 1.82) is 0 Å². The lowest BCUT2D eigenvalue weighted by molar-refractivity contribution is -0.124. The number of rotatable bonds is 8. The molecule has 1 aromatic rings. The molecular formula is C20H33N3O3S2. The van der Waals surface area contributed by atoms with Gasteiger partial charge in [-0.1, -0.05) is 19.9 Å². The van der Waals surface area contributed by atoms with E-state index in [2.05, 4.69) is 34.7 Å². The third-order valence-corrected chi connectivity index (χ3v) is 8.98. The first-order valence-electron chi connectivity index (χ1n) is 10.5. The zero-order valence-corrected chi connectivity index (χ0v) is 18.6. The summed E-state index contributed by atoms with van der Waals surface area (Å²) in [5, 5.41) is 5.16. The van der Waals surface area contributed by atoms with Crippen LogP contribution >= 0.6 is 11.3 Å². The van der Waals surface area contributed by atoms with E-state index in [0.717, 1.165) is 25.4 Å². The lowest BCUT2D eigenvalue weighted by Gasteiger charge is -2.36. The molecular weight excluding hydrogens is 394 g/mol. The SMILES string of the molecule is CCCS(=O)(=O)N1CCCC1C(=O)NCC(c1cccs1)N1CCC(C)CC1. The molecule has 1 N–H and O–H groups in total. The molecule has 28 heavy (non-hydrogen) atoms. The Bertz CT molecular complexity index is 728. The number of piperidine rings is 1. The van der Waals surface area contributed by atoms with E-state index in [1.165, 1.54) is 22.0 Å². The number of likely N-dealkylation sites (tertiary alicyclic amines) is 1. The Kier molecular flexibility index (Phi) is 7.53. The van der Waals surface area contributed by atoms with Gasteiger partial charge in [-0.3, -0.25) is 9.69 Å². The predicted molar refractivity (Wildman–Crippen MR) is 114 cm³/mol. The molecule has 2 aliphatic rings. The minimum Gasteiger partial charge on any atom is -0.353 e. The minimum absolute atomic E-state index is 0.112. The molecule has 1 amide bonds. The lowest BCUT2D eigenvalue weighted by Crippen LogP contribution is -2.49. The van der Waals surface area contributed by atoms with Gasteiger partial charge >= 0.3 is 0 Å². The van der Waals surface area contributed by atoms with Crippen molar-refractivity contribution in [2.75, 3.05) is 31.9 Å². The Balaban J connectivity index is 1.65. The van der Waals surface area contributed by atoms with Gasteiger partial charge in [0.25, 0.3) is 0 Å². The molecule has 0 radical (unpaired) electrons. The molecule has 0 spiro atoms. The number of nitrogens with zero attached hydrogens (tertiary/aromatic N) is 2. The summed E-state index contributed by atoms with van der Waals surface area (Å²) in [6, 6.07) is 3.80. The van der Waals surface area contributed by atoms with Crippen molar-refractivity contribution < 1.29 is 13.2 Å². The maximum absolute atomic E-state index is 12.9. The number of thiophene rings is 1. The molecule has 2 saturated heterocycles. The van der Waals surface area contributed by atoms with Gasteiger partial charge in [-0.2, -0.15) is 4.31 Å². The van der Waals surface area contributed by atoms with Crippen molar-refractivity contribution in [3.63, 3.8) is 0 Å². The molecule has 2 aliphatic heterocycles. The van der Waals surface area contributed by atoms with Gasteiger partial charge in [0.15, 0.2) is 0 Å². The van der Waals surface area contributed by atoms with E-state index in [4.69, 9.17) is 0 Å². The van der Waals surface area contributed by atoms with E-state index < -0.39 is 16.1 Å². The fourth-order valence-electron chi connectivity index (χ4n) is 4.26. The van der Waals surface area contributed by atoms with Crippen LogP contribution in [0.4, 0.5) is 0 Å². The van der Waals surface area contributed by atoms with Gasteiger partial charge in [0.2, 0.25) is 15.9 Å². The highest BCUT2D eigenvalue weighted by Gasteiger charge is 2.38. The Labute approximate surface area is 173 Å². The summed E-state index contributed by atoms with van der Waals surface area (Å²) in [6.45, 7) is 7.23. The number of hydrogen-bond donors (Lipinski definition) is 1. The van der Waals surface area contributed by atoms with Crippen molar-refractivity contribution >= 4 is 27.3 Å². The lowest BCUT2D eigenvalue weighted by atomic mass is 9.97. The number of carbonyl (C=O) groups excluding carboxylic acids is 1. The van der Waals surface area contributed by atoms with Crippen molar-refractivity contribution in [1.82, 2.24) is 14.5 Å². The average molecular weight is 428 g/mol. The third-order valence-electron chi connectivity index (χ3n) is 5.93. The molecule has 6 nitrogen and oxygen atoms in total. The van der Waals surface area contributed by atoms with E-state index in [1.54, 1.807) is 11.3 Å². The summed E-state index contributed by atoms with van der Waals surface area (Å²) in [4.78, 5) is 16.6. The van der Waals surface area contributed by atoms with Crippen molar-refractivity contribution in [3.8, 4) is 0 Å². The predicted octanol–water partition coefficient (Wildman–Crippen LogP) is 2.84. The van der Waals surface area contributed by atoms with Crippen LogP contribution < -0.4 is 5.32 Å². The number of hydrogen-bond acceptors (Lipinski definition) is 5. The molecule has 0 bridgehead atoms. The first kappa shape index (κ1) is 21.7. The van der Waals surface area contributed by atoms with Crippen LogP contribution in [0, 0.1) is 5.92 Å². The molecule has 2 unspecified atom stereocenters. The molecule has 3 rings (SSSR count). The summed E-state index contributed by atoms with van der Waals surface area (Å²) >= 11 is 1.72. The van der Waals surface area contributed by atoms with E-state index >= 15 is 0 Å². The van der Waals surface area contributed by atoms with Crippen molar-refractivity contribution in [3.05, 3.63) is 22.4 Å². The second-order valence-corrected chi connectivity index (χ2v) is 11.1. The van der Waals surface area contributed by atoms with Crippen molar-refractivity contribution in [2.45, 2.75) is 58.0 Å². The minimum atomic E-state index is -3.35. The highest BCUT2D eigenvalue weighted by atomic mass is 32.2. The van der Waals surface area contributed by atoms with Gasteiger partial charge in [-0.15, -0.1) is 11.3 Å². The van der Waals surface area contributed by atoms with Gasteiger partial charge in [-0.25, -0.2) is 8.42 Å². The molecule has 158 valence electrons. The zero-order chi connectivity index (χ0) is 20.1. The highest BCUT2D eigenvalue weighted by molar-refractivity contribution is 7.89. The molecule has 0 aromatic carbocycles. The Hall–Kier alpha value is -0.960. The number of sulfonamides is 1. The zero-order valence-electron chi connectivity index (χ0n) is 17.0. The Morgan fingerprint density at radius 3 is 2.68 bits per heavy atom. The summed E-state index contributed by atoms with van der Waals surface area (Å²) in [7, 11) is -3.35. The Morgan fingerprint density at radius 2 is 2.04 bits per heavy atom. The fraction of sp³-hybridized carbons (Fsp3) is 0.750. The molecule has 2 atom stereocenters. The van der Waals surface area contributed by atoms with Crippen LogP contribution in [0.1, 0.15) is 56.9 Å². The molecule has 2 fully saturated rings. The molecule has 1 aromatic heterocycles. The van der Waals surface area contributed by atoms with E-state index in [-0.39, 0.29) is 17.7 Å². The largest absolute Gasteiger partial charge is 0.353 e. The van der Waals surface area contributed by atoms with Crippen LogP contribution in [-0.2, 0) is 14.8 Å². The second kappa shape index (κ2) is 9.69. The van der Waals surface area contributed by atoms with Gasteiger partial charge in [-0.05, 0) is 62.6 Å². The van der Waals surface area contributed by atoms with Crippen molar-refractivity contribution in [2.24, 2.45) is 5.92 Å². The van der Waals surface area contributed by atoms with Gasteiger partial charge < -0.3 is 5.32 Å². The van der Waals surface area contributed by atoms with Crippen LogP contribution in [0.15, 0.2) is 17.5 Å². The maximum atomic E-state index is 12.9. The van der Waals surface area contributed by atoms with Crippen LogP contribution in [0.3, 0.4) is 0 Å². The monoisotopic (exact) mass is 427 g/mol. The average Bonchev–Trinajstić information content (AvgIpc) is 3.35. The first-order chi connectivity index (χ1) is 13.4. The van der Waals surface area contributed by atoms with E-state index in [0.29, 0.717) is 25.9 Å².